The second-order valence-electron chi connectivity index (χ2n) is 4.43. The van der Waals surface area contributed by atoms with Crippen LogP contribution >= 0.6 is 0 Å². The lowest BCUT2D eigenvalue weighted by molar-refractivity contribution is -0.130. The van der Waals surface area contributed by atoms with E-state index >= 15 is 0 Å². The number of cyclic esters (lactones) is 1. The standard InChI is InChI=1S/C16H13NO5/c1-19-12-6-5-10(9-14(12)20-2)8-11-16(18)22-15(17-11)13-4-3-7-21-13/h3-9H,1-2H3/b11-8-. The fraction of sp³-hybridized carbons (Fsp3) is 0.125. The third-order valence-corrected chi connectivity index (χ3v) is 3.06. The first kappa shape index (κ1) is 13.9. The molecule has 0 unspecified atom stereocenters. The van der Waals surface area contributed by atoms with E-state index in [0.29, 0.717) is 17.3 Å². The molecule has 6 heteroatoms. The van der Waals surface area contributed by atoms with Gasteiger partial charge < -0.3 is 18.6 Å². The molecule has 3 rings (SSSR count). The minimum absolute atomic E-state index is 0.154. The van der Waals surface area contributed by atoms with Gasteiger partial charge in [-0.2, -0.15) is 0 Å². The molecule has 112 valence electrons. The minimum atomic E-state index is -0.527. The van der Waals surface area contributed by atoms with Crippen molar-refractivity contribution in [1.29, 1.82) is 0 Å². The van der Waals surface area contributed by atoms with Gasteiger partial charge in [0.15, 0.2) is 23.0 Å². The third kappa shape index (κ3) is 2.58. The molecule has 22 heavy (non-hydrogen) atoms. The average Bonchev–Trinajstić information content (AvgIpc) is 3.17. The Hall–Kier alpha value is -3.02. The molecular weight excluding hydrogens is 286 g/mol. The molecule has 0 spiro atoms. The lowest BCUT2D eigenvalue weighted by Gasteiger charge is -2.07. The fourth-order valence-corrected chi connectivity index (χ4v) is 2.02. The van der Waals surface area contributed by atoms with Gasteiger partial charge in [0, 0.05) is 0 Å². The van der Waals surface area contributed by atoms with E-state index in [1.54, 1.807) is 50.6 Å². The summed E-state index contributed by atoms with van der Waals surface area (Å²) in [5.74, 6) is 1.21. The van der Waals surface area contributed by atoms with Gasteiger partial charge in [0.05, 0.1) is 20.5 Å². The average molecular weight is 299 g/mol. The van der Waals surface area contributed by atoms with Gasteiger partial charge in [-0.1, -0.05) is 6.07 Å². The van der Waals surface area contributed by atoms with Crippen LogP contribution < -0.4 is 9.47 Å². The highest BCUT2D eigenvalue weighted by molar-refractivity contribution is 6.11. The molecule has 1 aliphatic rings. The molecule has 0 amide bonds. The van der Waals surface area contributed by atoms with Crippen LogP contribution in [0.5, 0.6) is 11.5 Å². The highest BCUT2D eigenvalue weighted by atomic mass is 16.6. The minimum Gasteiger partial charge on any atom is -0.493 e. The van der Waals surface area contributed by atoms with Crippen molar-refractivity contribution in [2.75, 3.05) is 14.2 Å². The normalized spacial score (nSPS) is 15.6. The molecule has 0 aliphatic carbocycles. The fourth-order valence-electron chi connectivity index (χ4n) is 2.02. The Morgan fingerprint density at radius 3 is 2.64 bits per heavy atom. The molecule has 0 N–H and O–H groups in total. The van der Waals surface area contributed by atoms with Gasteiger partial charge in [-0.15, -0.1) is 0 Å². The van der Waals surface area contributed by atoms with Crippen molar-refractivity contribution in [3.63, 3.8) is 0 Å². The zero-order valence-corrected chi connectivity index (χ0v) is 12.0. The second kappa shape index (κ2) is 5.77. The topological polar surface area (TPSA) is 70.3 Å². The summed E-state index contributed by atoms with van der Waals surface area (Å²) in [4.78, 5) is 16.0. The van der Waals surface area contributed by atoms with E-state index in [0.717, 1.165) is 5.56 Å². The number of carbonyl (C=O) groups is 1. The summed E-state index contributed by atoms with van der Waals surface area (Å²) in [7, 11) is 3.11. The molecule has 2 aromatic rings. The van der Waals surface area contributed by atoms with E-state index in [2.05, 4.69) is 4.99 Å². The van der Waals surface area contributed by atoms with Crippen LogP contribution in [0.3, 0.4) is 0 Å². The van der Waals surface area contributed by atoms with Crippen LogP contribution in [-0.2, 0) is 9.53 Å². The summed E-state index contributed by atoms with van der Waals surface area (Å²) in [5, 5.41) is 0. The summed E-state index contributed by atoms with van der Waals surface area (Å²) < 4.78 is 20.6. The Bertz CT molecular complexity index is 759. The molecular formula is C16H13NO5. The predicted molar refractivity (Wildman–Crippen MR) is 78.9 cm³/mol. The molecule has 0 saturated carbocycles. The number of nitrogens with zero attached hydrogens (tertiary/aromatic N) is 1. The van der Waals surface area contributed by atoms with Crippen molar-refractivity contribution in [3.05, 3.63) is 53.6 Å². The SMILES string of the molecule is COc1ccc(/C=C2\N=C(c3ccco3)OC2=O)cc1OC. The molecule has 2 heterocycles. The number of hydrogen-bond donors (Lipinski definition) is 0. The van der Waals surface area contributed by atoms with Gasteiger partial charge >= 0.3 is 5.97 Å². The summed E-state index contributed by atoms with van der Waals surface area (Å²) in [6.07, 6.45) is 3.10. The van der Waals surface area contributed by atoms with Gasteiger partial charge in [-0.25, -0.2) is 9.79 Å². The first-order valence-electron chi connectivity index (χ1n) is 6.49. The van der Waals surface area contributed by atoms with Crippen LogP contribution in [0.15, 0.2) is 51.7 Å². The Balaban J connectivity index is 1.93. The largest absolute Gasteiger partial charge is 0.493 e. The maximum absolute atomic E-state index is 11.9. The van der Waals surface area contributed by atoms with Gasteiger partial charge in [-0.3, -0.25) is 0 Å². The predicted octanol–water partition coefficient (Wildman–Crippen LogP) is 2.64. The molecule has 1 aromatic carbocycles. The summed E-state index contributed by atoms with van der Waals surface area (Å²) in [6.45, 7) is 0. The molecule has 0 atom stereocenters. The van der Waals surface area contributed by atoms with Gasteiger partial charge in [0.2, 0.25) is 0 Å². The van der Waals surface area contributed by atoms with Crippen molar-refractivity contribution in [2.45, 2.75) is 0 Å². The van der Waals surface area contributed by atoms with Gasteiger partial charge in [0.1, 0.15) is 0 Å². The van der Waals surface area contributed by atoms with Crippen molar-refractivity contribution < 1.29 is 23.4 Å². The third-order valence-electron chi connectivity index (χ3n) is 3.06. The quantitative estimate of drug-likeness (QED) is 0.641. The molecule has 0 saturated heterocycles. The lowest BCUT2D eigenvalue weighted by Crippen LogP contribution is -2.04. The smallest absolute Gasteiger partial charge is 0.363 e. The van der Waals surface area contributed by atoms with E-state index in [9.17, 15) is 4.79 Å². The molecule has 0 radical (unpaired) electrons. The second-order valence-corrected chi connectivity index (χ2v) is 4.43. The zero-order chi connectivity index (χ0) is 15.5. The molecule has 6 nitrogen and oxygen atoms in total. The molecule has 0 bridgehead atoms. The number of esters is 1. The van der Waals surface area contributed by atoms with Crippen molar-refractivity contribution in [2.24, 2.45) is 4.99 Å². The van der Waals surface area contributed by atoms with E-state index in [-0.39, 0.29) is 11.6 Å². The Morgan fingerprint density at radius 1 is 1.14 bits per heavy atom. The Kier molecular flexibility index (Phi) is 3.65. The Labute approximate surface area is 126 Å². The van der Waals surface area contributed by atoms with Crippen LogP contribution in [0, 0.1) is 0 Å². The number of rotatable bonds is 4. The summed E-state index contributed by atoms with van der Waals surface area (Å²) in [6, 6.07) is 8.66. The van der Waals surface area contributed by atoms with Crippen LogP contribution in [-0.4, -0.2) is 26.1 Å². The summed E-state index contributed by atoms with van der Waals surface area (Å²) >= 11 is 0. The number of furan rings is 1. The van der Waals surface area contributed by atoms with Crippen LogP contribution in [0.4, 0.5) is 0 Å². The van der Waals surface area contributed by atoms with Crippen molar-refractivity contribution in [1.82, 2.24) is 0 Å². The van der Waals surface area contributed by atoms with E-state index < -0.39 is 5.97 Å². The number of aliphatic imine (C=N–C) groups is 1. The number of carbonyl (C=O) groups excluding carboxylic acids is 1. The summed E-state index contributed by atoms with van der Waals surface area (Å²) in [5.41, 5.74) is 0.938. The Morgan fingerprint density at radius 2 is 1.95 bits per heavy atom. The highest BCUT2D eigenvalue weighted by Gasteiger charge is 2.25. The molecule has 0 fully saturated rings. The number of benzene rings is 1. The number of ether oxygens (including phenoxy) is 3. The van der Waals surface area contributed by atoms with Crippen molar-refractivity contribution >= 4 is 17.9 Å². The molecule has 1 aromatic heterocycles. The maximum atomic E-state index is 11.9. The molecule has 1 aliphatic heterocycles. The highest BCUT2D eigenvalue weighted by Crippen LogP contribution is 2.29. The van der Waals surface area contributed by atoms with Crippen LogP contribution in [0.25, 0.3) is 6.08 Å². The first-order chi connectivity index (χ1) is 10.7. The lowest BCUT2D eigenvalue weighted by atomic mass is 10.1. The van der Waals surface area contributed by atoms with E-state index in [4.69, 9.17) is 18.6 Å². The van der Waals surface area contributed by atoms with E-state index in [1.165, 1.54) is 6.26 Å². The maximum Gasteiger partial charge on any atom is 0.363 e. The zero-order valence-electron chi connectivity index (χ0n) is 12.0. The van der Waals surface area contributed by atoms with Gasteiger partial charge in [0.25, 0.3) is 5.90 Å². The van der Waals surface area contributed by atoms with Gasteiger partial charge in [-0.05, 0) is 35.9 Å². The van der Waals surface area contributed by atoms with Crippen LogP contribution in [0.1, 0.15) is 11.3 Å². The first-order valence-corrected chi connectivity index (χ1v) is 6.49. The van der Waals surface area contributed by atoms with E-state index in [1.807, 2.05) is 0 Å². The van der Waals surface area contributed by atoms with Crippen LogP contribution in [0.2, 0.25) is 0 Å². The number of methoxy groups -OCH3 is 2. The van der Waals surface area contributed by atoms with Crippen molar-refractivity contribution in [3.8, 4) is 11.5 Å². The monoisotopic (exact) mass is 299 g/mol. The number of hydrogen-bond acceptors (Lipinski definition) is 6.